The number of aromatic nitrogens is 3. The fraction of sp³-hybridized carbons (Fsp3) is 0.538. The van der Waals surface area contributed by atoms with Gasteiger partial charge in [-0.25, -0.2) is 4.52 Å². The highest BCUT2D eigenvalue weighted by molar-refractivity contribution is 9.10. The summed E-state index contributed by atoms with van der Waals surface area (Å²) in [5, 5.41) is 7.72. The molecule has 1 N–H and O–H groups in total. The van der Waals surface area contributed by atoms with Gasteiger partial charge in [-0.2, -0.15) is 4.98 Å². The molecule has 6 heteroatoms. The number of nitrogens with zero attached hydrogens (tertiary/aromatic N) is 4. The third-order valence-corrected chi connectivity index (χ3v) is 3.23. The van der Waals surface area contributed by atoms with E-state index in [9.17, 15) is 0 Å². The van der Waals surface area contributed by atoms with Gasteiger partial charge in [-0.3, -0.25) is 0 Å². The highest BCUT2D eigenvalue weighted by atomic mass is 79.9. The Hall–Kier alpha value is -1.14. The third-order valence-electron chi connectivity index (χ3n) is 2.76. The summed E-state index contributed by atoms with van der Waals surface area (Å²) in [5.74, 6) is 0.671. The first-order chi connectivity index (χ1) is 8.85. The molecule has 0 aliphatic rings. The van der Waals surface area contributed by atoms with E-state index in [0.29, 0.717) is 5.95 Å². The van der Waals surface area contributed by atoms with Crippen molar-refractivity contribution in [1.82, 2.24) is 19.5 Å². The van der Waals surface area contributed by atoms with E-state index in [2.05, 4.69) is 64.2 Å². The molecular formula is C13H20BrN5. The topological polar surface area (TPSA) is 45.5 Å². The van der Waals surface area contributed by atoms with E-state index >= 15 is 0 Å². The largest absolute Gasteiger partial charge is 0.352 e. The van der Waals surface area contributed by atoms with Crippen LogP contribution >= 0.6 is 15.9 Å². The molecule has 0 unspecified atom stereocenters. The van der Waals surface area contributed by atoms with E-state index in [1.54, 1.807) is 4.52 Å². The number of rotatable bonds is 5. The third kappa shape index (κ3) is 3.91. The van der Waals surface area contributed by atoms with Crippen LogP contribution in [0.25, 0.3) is 5.65 Å². The smallest absolute Gasteiger partial charge is 0.243 e. The van der Waals surface area contributed by atoms with E-state index in [1.165, 1.54) is 0 Å². The average molecular weight is 326 g/mol. The molecule has 0 atom stereocenters. The van der Waals surface area contributed by atoms with Crippen LogP contribution in [0.4, 0.5) is 5.95 Å². The fourth-order valence-electron chi connectivity index (χ4n) is 2.16. The molecule has 2 rings (SSSR count). The summed E-state index contributed by atoms with van der Waals surface area (Å²) in [7, 11) is 4.17. The quantitative estimate of drug-likeness (QED) is 0.917. The Morgan fingerprint density at radius 3 is 2.79 bits per heavy atom. The number of anilines is 1. The van der Waals surface area contributed by atoms with Gasteiger partial charge < -0.3 is 10.2 Å². The Bertz CT molecular complexity index is 561. The molecule has 2 aromatic rings. The van der Waals surface area contributed by atoms with Crippen LogP contribution in [0.1, 0.15) is 13.8 Å². The zero-order valence-electron chi connectivity index (χ0n) is 11.8. The molecule has 19 heavy (non-hydrogen) atoms. The summed E-state index contributed by atoms with van der Waals surface area (Å²) in [6.07, 6.45) is 1.90. The molecule has 0 fully saturated rings. The highest BCUT2D eigenvalue weighted by Gasteiger charge is 2.19. The van der Waals surface area contributed by atoms with Crippen LogP contribution in [0.15, 0.2) is 22.8 Å². The summed E-state index contributed by atoms with van der Waals surface area (Å²) in [6, 6.07) is 3.90. The van der Waals surface area contributed by atoms with Crippen LogP contribution in [0, 0.1) is 5.41 Å². The Morgan fingerprint density at radius 1 is 1.37 bits per heavy atom. The normalized spacial score (nSPS) is 12.3. The minimum atomic E-state index is 0.168. The summed E-state index contributed by atoms with van der Waals surface area (Å²) in [6.45, 7) is 6.31. The van der Waals surface area contributed by atoms with Gasteiger partial charge in [-0.1, -0.05) is 13.8 Å². The van der Waals surface area contributed by atoms with Crippen molar-refractivity contribution in [2.24, 2.45) is 5.41 Å². The molecule has 5 nitrogen and oxygen atoms in total. The van der Waals surface area contributed by atoms with Crippen molar-refractivity contribution in [1.29, 1.82) is 0 Å². The predicted molar refractivity (Wildman–Crippen MR) is 81.5 cm³/mol. The van der Waals surface area contributed by atoms with E-state index in [4.69, 9.17) is 0 Å². The Labute approximate surface area is 122 Å². The van der Waals surface area contributed by atoms with Gasteiger partial charge in [0.1, 0.15) is 0 Å². The Balaban J connectivity index is 2.05. The minimum absolute atomic E-state index is 0.168. The number of nitrogens with one attached hydrogen (secondary N) is 1. The van der Waals surface area contributed by atoms with Gasteiger partial charge in [0, 0.05) is 23.8 Å². The van der Waals surface area contributed by atoms with Crippen molar-refractivity contribution < 1.29 is 0 Å². The number of hydrogen-bond donors (Lipinski definition) is 1. The minimum Gasteiger partial charge on any atom is -0.352 e. The maximum Gasteiger partial charge on any atom is 0.243 e. The maximum absolute atomic E-state index is 4.44. The summed E-state index contributed by atoms with van der Waals surface area (Å²) >= 11 is 3.42. The first kappa shape index (κ1) is 14.3. The molecule has 0 bridgehead atoms. The first-order valence-electron chi connectivity index (χ1n) is 6.26. The molecule has 0 amide bonds. The molecule has 2 heterocycles. The Morgan fingerprint density at radius 2 is 2.11 bits per heavy atom. The molecule has 0 radical (unpaired) electrons. The lowest BCUT2D eigenvalue weighted by molar-refractivity contribution is 0.254. The van der Waals surface area contributed by atoms with E-state index in [-0.39, 0.29) is 5.41 Å². The van der Waals surface area contributed by atoms with Crippen LogP contribution in [0.5, 0.6) is 0 Å². The molecule has 104 valence electrons. The van der Waals surface area contributed by atoms with Crippen LogP contribution in [0.3, 0.4) is 0 Å². The number of pyridine rings is 1. The molecule has 0 saturated carbocycles. The molecule has 0 saturated heterocycles. The zero-order chi connectivity index (χ0) is 14.0. The van der Waals surface area contributed by atoms with Gasteiger partial charge in [-0.15, -0.1) is 5.10 Å². The Kier molecular flexibility index (Phi) is 4.10. The predicted octanol–water partition coefficient (Wildman–Crippen LogP) is 2.49. The van der Waals surface area contributed by atoms with Crippen LogP contribution < -0.4 is 5.32 Å². The van der Waals surface area contributed by atoms with Gasteiger partial charge in [0.25, 0.3) is 0 Å². The first-order valence-corrected chi connectivity index (χ1v) is 7.06. The van der Waals surface area contributed by atoms with Crippen molar-refractivity contribution in [2.45, 2.75) is 13.8 Å². The summed E-state index contributed by atoms with van der Waals surface area (Å²) in [4.78, 5) is 6.63. The van der Waals surface area contributed by atoms with Crippen LogP contribution in [-0.4, -0.2) is 46.7 Å². The second-order valence-corrected chi connectivity index (χ2v) is 6.76. The molecule has 0 aromatic carbocycles. The average Bonchev–Trinajstić information content (AvgIpc) is 2.66. The van der Waals surface area contributed by atoms with E-state index in [1.807, 2.05) is 18.3 Å². The van der Waals surface area contributed by atoms with Gasteiger partial charge >= 0.3 is 0 Å². The van der Waals surface area contributed by atoms with Crippen molar-refractivity contribution >= 4 is 27.5 Å². The van der Waals surface area contributed by atoms with Crippen LogP contribution in [0.2, 0.25) is 0 Å². The second-order valence-electron chi connectivity index (χ2n) is 5.84. The molecule has 0 aliphatic carbocycles. The van der Waals surface area contributed by atoms with E-state index in [0.717, 1.165) is 23.2 Å². The maximum atomic E-state index is 4.44. The van der Waals surface area contributed by atoms with Crippen LogP contribution in [-0.2, 0) is 0 Å². The van der Waals surface area contributed by atoms with Crippen molar-refractivity contribution in [3.05, 3.63) is 22.8 Å². The van der Waals surface area contributed by atoms with Gasteiger partial charge in [0.2, 0.25) is 5.95 Å². The lowest BCUT2D eigenvalue weighted by Gasteiger charge is -2.28. The number of fused-ring (bicyclic) bond motifs is 1. The number of hydrogen-bond acceptors (Lipinski definition) is 4. The van der Waals surface area contributed by atoms with E-state index < -0.39 is 0 Å². The monoisotopic (exact) mass is 325 g/mol. The second kappa shape index (κ2) is 5.46. The lowest BCUT2D eigenvalue weighted by Crippen LogP contribution is -2.34. The SMILES string of the molecule is CN(C)CC(C)(C)CNc1nc2ccc(Br)cn2n1. The summed E-state index contributed by atoms with van der Waals surface area (Å²) in [5.41, 5.74) is 1.01. The standard InChI is InChI=1S/C13H20BrN5/c1-13(2,9-18(3)4)8-15-12-16-11-6-5-10(14)7-19(11)17-12/h5-7H,8-9H2,1-4H3,(H,15,17). The number of halogens is 1. The molecular weight excluding hydrogens is 306 g/mol. The fourth-order valence-corrected chi connectivity index (χ4v) is 2.49. The lowest BCUT2D eigenvalue weighted by atomic mass is 9.93. The zero-order valence-corrected chi connectivity index (χ0v) is 13.4. The highest BCUT2D eigenvalue weighted by Crippen LogP contribution is 2.17. The summed E-state index contributed by atoms with van der Waals surface area (Å²) < 4.78 is 2.76. The van der Waals surface area contributed by atoms with Crippen molar-refractivity contribution in [3.8, 4) is 0 Å². The van der Waals surface area contributed by atoms with Crippen molar-refractivity contribution in [3.63, 3.8) is 0 Å². The molecule has 2 aromatic heterocycles. The van der Waals surface area contributed by atoms with Crippen molar-refractivity contribution in [2.75, 3.05) is 32.5 Å². The van der Waals surface area contributed by atoms with Gasteiger partial charge in [0.15, 0.2) is 5.65 Å². The van der Waals surface area contributed by atoms with Gasteiger partial charge in [-0.05, 0) is 47.6 Å². The molecule has 0 spiro atoms. The molecule has 0 aliphatic heterocycles. The van der Waals surface area contributed by atoms with Gasteiger partial charge in [0.05, 0.1) is 0 Å².